The first-order chi connectivity index (χ1) is 10.7. The lowest BCUT2D eigenvalue weighted by Gasteiger charge is -2.12. The van der Waals surface area contributed by atoms with E-state index in [1.165, 1.54) is 12.1 Å². The molecular weight excluding hydrogens is 279 g/mol. The Morgan fingerprint density at radius 2 is 2.05 bits per heavy atom. The number of aromatic nitrogens is 2. The van der Waals surface area contributed by atoms with Crippen molar-refractivity contribution in [1.82, 2.24) is 9.55 Å². The number of nitrogens with zero attached hydrogens (tertiary/aromatic N) is 2. The fourth-order valence-corrected chi connectivity index (χ4v) is 2.63. The van der Waals surface area contributed by atoms with E-state index in [0.29, 0.717) is 17.8 Å². The molecule has 0 aliphatic heterocycles. The molecule has 0 spiro atoms. The summed E-state index contributed by atoms with van der Waals surface area (Å²) in [5.41, 5.74) is 1.97. The fourth-order valence-electron chi connectivity index (χ4n) is 2.63. The van der Waals surface area contributed by atoms with Crippen LogP contribution in [0, 0.1) is 5.82 Å². The predicted molar refractivity (Wildman–Crippen MR) is 86.3 cm³/mol. The van der Waals surface area contributed by atoms with Crippen molar-refractivity contribution in [1.29, 1.82) is 0 Å². The van der Waals surface area contributed by atoms with Crippen LogP contribution in [0.15, 0.2) is 53.5 Å². The monoisotopic (exact) mass is 296 g/mol. The van der Waals surface area contributed by atoms with Crippen molar-refractivity contribution in [3.8, 4) is 11.1 Å². The van der Waals surface area contributed by atoms with Crippen molar-refractivity contribution in [2.45, 2.75) is 26.3 Å². The van der Waals surface area contributed by atoms with Gasteiger partial charge in [-0.15, -0.1) is 0 Å². The molecule has 0 bridgehead atoms. The Kier molecular flexibility index (Phi) is 4.00. The second kappa shape index (κ2) is 6.10. The highest BCUT2D eigenvalue weighted by atomic mass is 19.1. The number of fused-ring (bicyclic) bond motifs is 1. The van der Waals surface area contributed by atoms with E-state index in [0.717, 1.165) is 23.8 Å². The Morgan fingerprint density at radius 1 is 1.18 bits per heavy atom. The molecule has 0 saturated heterocycles. The molecule has 0 aliphatic carbocycles. The molecule has 3 aromatic rings. The molecule has 0 N–H and O–H groups in total. The van der Waals surface area contributed by atoms with Crippen LogP contribution in [-0.2, 0) is 6.54 Å². The van der Waals surface area contributed by atoms with Crippen LogP contribution in [0.5, 0.6) is 0 Å². The second-order valence-corrected chi connectivity index (χ2v) is 5.29. The van der Waals surface area contributed by atoms with Gasteiger partial charge in [-0.3, -0.25) is 9.36 Å². The van der Waals surface area contributed by atoms with E-state index in [4.69, 9.17) is 0 Å². The van der Waals surface area contributed by atoms with Crippen molar-refractivity contribution in [2.75, 3.05) is 0 Å². The summed E-state index contributed by atoms with van der Waals surface area (Å²) in [7, 11) is 0. The van der Waals surface area contributed by atoms with Gasteiger partial charge in [0.2, 0.25) is 0 Å². The van der Waals surface area contributed by atoms with Gasteiger partial charge in [-0.05, 0) is 41.8 Å². The highest BCUT2D eigenvalue weighted by molar-refractivity contribution is 5.92. The Bertz CT molecular complexity index is 870. The average Bonchev–Trinajstić information content (AvgIpc) is 2.53. The maximum Gasteiger partial charge on any atom is 0.252 e. The quantitative estimate of drug-likeness (QED) is 0.729. The summed E-state index contributed by atoms with van der Waals surface area (Å²) >= 11 is 0. The minimum Gasteiger partial charge on any atom is -0.293 e. The lowest BCUT2D eigenvalue weighted by Crippen LogP contribution is -2.21. The van der Waals surface area contributed by atoms with Crippen molar-refractivity contribution < 1.29 is 4.39 Å². The molecule has 3 rings (SSSR count). The lowest BCUT2D eigenvalue weighted by atomic mass is 10.0. The van der Waals surface area contributed by atoms with Crippen LogP contribution in [0.2, 0.25) is 0 Å². The maximum absolute atomic E-state index is 13.5. The summed E-state index contributed by atoms with van der Waals surface area (Å²) in [5, 5.41) is 0.865. The zero-order valence-electron chi connectivity index (χ0n) is 12.4. The van der Waals surface area contributed by atoms with Crippen LogP contribution >= 0.6 is 0 Å². The van der Waals surface area contributed by atoms with Gasteiger partial charge in [-0.25, -0.2) is 9.37 Å². The summed E-state index contributed by atoms with van der Waals surface area (Å²) in [6.45, 7) is 2.73. The van der Waals surface area contributed by atoms with Crippen molar-refractivity contribution in [3.63, 3.8) is 0 Å². The SMILES string of the molecule is CCCCn1c(=O)cc(-c2cccc(F)c2)c2cccnc21. The normalized spacial score (nSPS) is 11.0. The summed E-state index contributed by atoms with van der Waals surface area (Å²) < 4.78 is 15.2. The van der Waals surface area contributed by atoms with E-state index in [1.54, 1.807) is 29.0 Å². The standard InChI is InChI=1S/C18H17FN2O/c1-2-3-10-21-17(22)12-16(13-6-4-7-14(19)11-13)15-8-5-9-20-18(15)21/h4-9,11-12H,2-3,10H2,1H3. The van der Waals surface area contributed by atoms with Crippen LogP contribution < -0.4 is 5.56 Å². The van der Waals surface area contributed by atoms with Crippen LogP contribution in [0.3, 0.4) is 0 Å². The lowest BCUT2D eigenvalue weighted by molar-refractivity contribution is 0.626. The Balaban J connectivity index is 2.27. The number of halogens is 1. The van der Waals surface area contributed by atoms with Gasteiger partial charge in [-0.1, -0.05) is 25.5 Å². The van der Waals surface area contributed by atoms with Gasteiger partial charge in [0.15, 0.2) is 0 Å². The predicted octanol–water partition coefficient (Wildman–Crippen LogP) is 4.00. The molecule has 3 nitrogen and oxygen atoms in total. The Hall–Kier alpha value is -2.49. The van der Waals surface area contributed by atoms with E-state index in [9.17, 15) is 9.18 Å². The van der Waals surface area contributed by atoms with Gasteiger partial charge >= 0.3 is 0 Å². The van der Waals surface area contributed by atoms with Crippen molar-refractivity contribution in [2.24, 2.45) is 0 Å². The third kappa shape index (κ3) is 2.64. The number of hydrogen-bond donors (Lipinski definition) is 0. The van der Waals surface area contributed by atoms with Crippen LogP contribution in [0.1, 0.15) is 19.8 Å². The number of rotatable bonds is 4. The number of unbranched alkanes of at least 4 members (excludes halogenated alkanes) is 1. The number of hydrogen-bond acceptors (Lipinski definition) is 2. The first kappa shape index (κ1) is 14.4. The zero-order valence-corrected chi connectivity index (χ0v) is 12.4. The van der Waals surface area contributed by atoms with Crippen molar-refractivity contribution in [3.05, 3.63) is 64.8 Å². The number of pyridine rings is 2. The molecule has 0 atom stereocenters. The van der Waals surface area contributed by atoms with E-state index in [1.807, 2.05) is 12.1 Å². The van der Waals surface area contributed by atoms with E-state index < -0.39 is 0 Å². The number of benzene rings is 1. The first-order valence-electron chi connectivity index (χ1n) is 7.45. The number of aryl methyl sites for hydroxylation is 1. The fraction of sp³-hybridized carbons (Fsp3) is 0.222. The van der Waals surface area contributed by atoms with Crippen molar-refractivity contribution >= 4 is 11.0 Å². The summed E-state index contributed by atoms with van der Waals surface area (Å²) in [5.74, 6) is -0.315. The van der Waals surface area contributed by atoms with Crippen LogP contribution in [0.25, 0.3) is 22.2 Å². The minimum absolute atomic E-state index is 0.0982. The summed E-state index contributed by atoms with van der Waals surface area (Å²) in [6, 6.07) is 11.6. The molecule has 22 heavy (non-hydrogen) atoms. The second-order valence-electron chi connectivity index (χ2n) is 5.29. The van der Waals surface area contributed by atoms with E-state index in [-0.39, 0.29) is 11.4 Å². The Morgan fingerprint density at radius 3 is 2.82 bits per heavy atom. The molecule has 0 aliphatic rings. The maximum atomic E-state index is 13.5. The molecule has 0 amide bonds. The van der Waals surface area contributed by atoms with Gasteiger partial charge in [0, 0.05) is 24.2 Å². The molecule has 2 heterocycles. The highest BCUT2D eigenvalue weighted by Gasteiger charge is 2.11. The molecule has 4 heteroatoms. The summed E-state index contributed by atoms with van der Waals surface area (Å²) in [6.07, 6.45) is 3.61. The molecule has 0 saturated carbocycles. The average molecular weight is 296 g/mol. The minimum atomic E-state index is -0.315. The summed E-state index contributed by atoms with van der Waals surface area (Å²) in [4.78, 5) is 16.8. The van der Waals surface area contributed by atoms with Crippen LogP contribution in [0.4, 0.5) is 4.39 Å². The van der Waals surface area contributed by atoms with Gasteiger partial charge in [-0.2, -0.15) is 0 Å². The molecule has 0 radical (unpaired) electrons. The highest BCUT2D eigenvalue weighted by Crippen LogP contribution is 2.26. The molecule has 2 aromatic heterocycles. The zero-order chi connectivity index (χ0) is 15.5. The Labute approximate surface area is 128 Å². The van der Waals surface area contributed by atoms with Gasteiger partial charge < -0.3 is 0 Å². The van der Waals surface area contributed by atoms with Crippen LogP contribution in [-0.4, -0.2) is 9.55 Å². The van der Waals surface area contributed by atoms with Gasteiger partial charge in [0.1, 0.15) is 11.5 Å². The molecule has 0 fully saturated rings. The topological polar surface area (TPSA) is 34.9 Å². The molecule has 0 unspecified atom stereocenters. The van der Waals surface area contributed by atoms with Gasteiger partial charge in [0.05, 0.1) is 0 Å². The van der Waals surface area contributed by atoms with E-state index in [2.05, 4.69) is 11.9 Å². The third-order valence-corrected chi connectivity index (χ3v) is 3.74. The smallest absolute Gasteiger partial charge is 0.252 e. The molecule has 1 aromatic carbocycles. The third-order valence-electron chi connectivity index (χ3n) is 3.74. The van der Waals surface area contributed by atoms with E-state index >= 15 is 0 Å². The largest absolute Gasteiger partial charge is 0.293 e. The molecular formula is C18H17FN2O. The first-order valence-corrected chi connectivity index (χ1v) is 7.45. The van der Waals surface area contributed by atoms with Gasteiger partial charge in [0.25, 0.3) is 5.56 Å². The molecule has 112 valence electrons.